The normalized spacial score (nSPS) is 22.6. The Labute approximate surface area is 132 Å². The molecule has 0 saturated carbocycles. The van der Waals surface area contributed by atoms with Crippen LogP contribution < -0.4 is 10.0 Å². The molecule has 0 aliphatic carbocycles. The summed E-state index contributed by atoms with van der Waals surface area (Å²) >= 11 is 0. The molecule has 7 heteroatoms. The van der Waals surface area contributed by atoms with Crippen LogP contribution in [0.4, 0.5) is 0 Å². The van der Waals surface area contributed by atoms with Crippen LogP contribution in [-0.4, -0.2) is 38.9 Å². The summed E-state index contributed by atoms with van der Waals surface area (Å²) in [5, 5.41) is 3.39. The van der Waals surface area contributed by atoms with Crippen molar-refractivity contribution in [2.75, 3.05) is 26.2 Å². The smallest absolute Gasteiger partial charge is 0.279 e. The molecule has 0 spiro atoms. The van der Waals surface area contributed by atoms with Gasteiger partial charge in [0.15, 0.2) is 0 Å². The molecule has 3 rings (SSSR count). The van der Waals surface area contributed by atoms with Gasteiger partial charge in [0.2, 0.25) is 0 Å². The maximum atomic E-state index is 12.2. The number of halogens is 1. The van der Waals surface area contributed by atoms with Gasteiger partial charge in [0, 0.05) is 25.7 Å². The van der Waals surface area contributed by atoms with E-state index in [-0.39, 0.29) is 18.4 Å². The summed E-state index contributed by atoms with van der Waals surface area (Å²) in [5.41, 5.74) is 2.53. The second-order valence-electron chi connectivity index (χ2n) is 5.42. The lowest BCUT2D eigenvalue weighted by atomic mass is 9.95. The van der Waals surface area contributed by atoms with Gasteiger partial charge in [0.05, 0.1) is 0 Å². The first-order valence-corrected chi connectivity index (χ1v) is 8.67. The van der Waals surface area contributed by atoms with E-state index in [0.717, 1.165) is 25.8 Å². The van der Waals surface area contributed by atoms with Gasteiger partial charge >= 0.3 is 0 Å². The van der Waals surface area contributed by atoms with E-state index >= 15 is 0 Å². The molecular weight excluding hydrogens is 310 g/mol. The average molecular weight is 332 g/mol. The SMILES string of the molecule is Cl.O=S(=O)(NCC1NCCc2ccccc21)N1CCCC1. The fourth-order valence-electron chi connectivity index (χ4n) is 2.98. The first-order valence-electron chi connectivity index (χ1n) is 7.23. The minimum atomic E-state index is -3.32. The molecule has 1 atom stereocenters. The summed E-state index contributed by atoms with van der Waals surface area (Å²) in [4.78, 5) is 0. The Kier molecular flexibility index (Phi) is 5.62. The van der Waals surface area contributed by atoms with Crippen LogP contribution in [0.3, 0.4) is 0 Å². The van der Waals surface area contributed by atoms with Crippen molar-refractivity contribution >= 4 is 22.6 Å². The second-order valence-corrected chi connectivity index (χ2v) is 7.17. The minimum absolute atomic E-state index is 0. The van der Waals surface area contributed by atoms with Gasteiger partial charge in [-0.05, 0) is 36.9 Å². The number of hydrogen-bond acceptors (Lipinski definition) is 3. The molecule has 118 valence electrons. The van der Waals surface area contributed by atoms with E-state index < -0.39 is 10.2 Å². The quantitative estimate of drug-likeness (QED) is 0.872. The van der Waals surface area contributed by atoms with Crippen molar-refractivity contribution in [3.8, 4) is 0 Å². The Balaban J connectivity index is 0.00000161. The van der Waals surface area contributed by atoms with Gasteiger partial charge in [0.25, 0.3) is 10.2 Å². The lowest BCUT2D eigenvalue weighted by molar-refractivity contribution is 0.446. The summed E-state index contributed by atoms with van der Waals surface area (Å²) in [6.45, 7) is 2.59. The molecule has 1 saturated heterocycles. The van der Waals surface area contributed by atoms with Crippen molar-refractivity contribution in [3.05, 3.63) is 35.4 Å². The number of fused-ring (bicyclic) bond motifs is 1. The van der Waals surface area contributed by atoms with Gasteiger partial charge in [0.1, 0.15) is 0 Å². The molecule has 0 amide bonds. The van der Waals surface area contributed by atoms with Gasteiger partial charge in [-0.25, -0.2) is 4.72 Å². The van der Waals surface area contributed by atoms with Crippen molar-refractivity contribution in [2.24, 2.45) is 0 Å². The van der Waals surface area contributed by atoms with E-state index in [0.29, 0.717) is 19.6 Å². The highest BCUT2D eigenvalue weighted by molar-refractivity contribution is 7.87. The lowest BCUT2D eigenvalue weighted by Gasteiger charge is -2.27. The van der Waals surface area contributed by atoms with Crippen LogP contribution in [0.15, 0.2) is 24.3 Å². The largest absolute Gasteiger partial charge is 0.308 e. The van der Waals surface area contributed by atoms with Crippen LogP contribution in [0.5, 0.6) is 0 Å². The molecule has 1 unspecified atom stereocenters. The molecular formula is C14H22ClN3O2S. The van der Waals surface area contributed by atoms with E-state index in [1.54, 1.807) is 4.31 Å². The monoisotopic (exact) mass is 331 g/mol. The summed E-state index contributed by atoms with van der Waals surface area (Å²) in [7, 11) is -3.32. The number of hydrogen-bond donors (Lipinski definition) is 2. The van der Waals surface area contributed by atoms with Gasteiger partial charge in [-0.15, -0.1) is 12.4 Å². The van der Waals surface area contributed by atoms with E-state index in [1.165, 1.54) is 11.1 Å². The number of benzene rings is 1. The zero-order chi connectivity index (χ0) is 14.0. The maximum Gasteiger partial charge on any atom is 0.279 e. The summed E-state index contributed by atoms with van der Waals surface area (Å²) in [6, 6.07) is 8.31. The van der Waals surface area contributed by atoms with Crippen LogP contribution in [0, 0.1) is 0 Å². The minimum Gasteiger partial charge on any atom is -0.308 e. The number of nitrogens with one attached hydrogen (secondary N) is 2. The molecule has 1 aromatic carbocycles. The zero-order valence-electron chi connectivity index (χ0n) is 11.9. The molecule has 1 fully saturated rings. The highest BCUT2D eigenvalue weighted by Gasteiger charge is 2.27. The molecule has 0 aromatic heterocycles. The van der Waals surface area contributed by atoms with Crippen molar-refractivity contribution in [1.82, 2.24) is 14.3 Å². The molecule has 1 aromatic rings. The fourth-order valence-corrected chi connectivity index (χ4v) is 4.28. The standard InChI is InChI=1S/C14H21N3O2S.ClH/c18-20(19,17-9-3-4-10-17)16-11-14-13-6-2-1-5-12(13)7-8-15-14;/h1-2,5-6,14-16H,3-4,7-11H2;1H. The number of rotatable bonds is 4. The van der Waals surface area contributed by atoms with Crippen LogP contribution >= 0.6 is 12.4 Å². The molecule has 2 N–H and O–H groups in total. The molecule has 2 aliphatic heterocycles. The predicted molar refractivity (Wildman–Crippen MR) is 85.9 cm³/mol. The highest BCUT2D eigenvalue weighted by atomic mass is 35.5. The third-order valence-corrected chi connectivity index (χ3v) is 5.67. The zero-order valence-corrected chi connectivity index (χ0v) is 13.5. The van der Waals surface area contributed by atoms with Crippen LogP contribution in [0.25, 0.3) is 0 Å². The van der Waals surface area contributed by atoms with Gasteiger partial charge < -0.3 is 5.32 Å². The Morgan fingerprint density at radius 1 is 1.24 bits per heavy atom. The Bertz CT molecular complexity index is 573. The Morgan fingerprint density at radius 2 is 1.95 bits per heavy atom. The second kappa shape index (κ2) is 7.07. The van der Waals surface area contributed by atoms with E-state index in [9.17, 15) is 8.42 Å². The fraction of sp³-hybridized carbons (Fsp3) is 0.571. The third kappa shape index (κ3) is 3.76. The number of nitrogens with zero attached hydrogens (tertiary/aromatic N) is 1. The Morgan fingerprint density at radius 3 is 2.71 bits per heavy atom. The first-order chi connectivity index (χ1) is 9.67. The predicted octanol–water partition coefficient (Wildman–Crippen LogP) is 1.23. The summed E-state index contributed by atoms with van der Waals surface area (Å²) < 4.78 is 28.6. The van der Waals surface area contributed by atoms with Crippen LogP contribution in [0.1, 0.15) is 30.0 Å². The molecule has 0 radical (unpaired) electrons. The summed E-state index contributed by atoms with van der Waals surface area (Å²) in [6.07, 6.45) is 2.93. The van der Waals surface area contributed by atoms with Gasteiger partial charge in [-0.2, -0.15) is 12.7 Å². The topological polar surface area (TPSA) is 61.4 Å². The van der Waals surface area contributed by atoms with Gasteiger partial charge in [-0.3, -0.25) is 0 Å². The molecule has 5 nitrogen and oxygen atoms in total. The molecule has 2 heterocycles. The summed E-state index contributed by atoms with van der Waals surface area (Å²) in [5.74, 6) is 0. The third-order valence-electron chi connectivity index (χ3n) is 4.09. The first kappa shape index (κ1) is 16.7. The van der Waals surface area contributed by atoms with Crippen LogP contribution in [-0.2, 0) is 16.6 Å². The van der Waals surface area contributed by atoms with Crippen LogP contribution in [0.2, 0.25) is 0 Å². The van der Waals surface area contributed by atoms with Crippen molar-refractivity contribution < 1.29 is 8.42 Å². The van der Waals surface area contributed by atoms with Gasteiger partial charge in [-0.1, -0.05) is 24.3 Å². The van der Waals surface area contributed by atoms with E-state index in [4.69, 9.17) is 0 Å². The van der Waals surface area contributed by atoms with Crippen molar-refractivity contribution in [1.29, 1.82) is 0 Å². The highest BCUT2D eigenvalue weighted by Crippen LogP contribution is 2.22. The maximum absolute atomic E-state index is 12.2. The van der Waals surface area contributed by atoms with Crippen molar-refractivity contribution in [3.63, 3.8) is 0 Å². The van der Waals surface area contributed by atoms with Crippen molar-refractivity contribution in [2.45, 2.75) is 25.3 Å². The lowest BCUT2D eigenvalue weighted by Crippen LogP contribution is -2.44. The van der Waals surface area contributed by atoms with E-state index in [2.05, 4.69) is 22.2 Å². The molecule has 0 bridgehead atoms. The average Bonchev–Trinajstić information content (AvgIpc) is 3.00. The molecule has 21 heavy (non-hydrogen) atoms. The van der Waals surface area contributed by atoms with E-state index in [1.807, 2.05) is 12.1 Å². The Hall–Kier alpha value is -0.660. The molecule has 2 aliphatic rings.